The number of rotatable bonds is 3. The van der Waals surface area contributed by atoms with Crippen LogP contribution in [-0.4, -0.2) is 11.4 Å². The normalized spacial score (nSPS) is 18.5. The molecule has 0 bridgehead atoms. The van der Waals surface area contributed by atoms with Crippen LogP contribution in [0.3, 0.4) is 0 Å². The summed E-state index contributed by atoms with van der Waals surface area (Å²) in [4.78, 5) is 11.3. The Kier molecular flexibility index (Phi) is 7.47. The lowest BCUT2D eigenvalue weighted by atomic mass is 9.84. The molecule has 2 heteroatoms. The van der Waals surface area contributed by atoms with Gasteiger partial charge in [0.25, 0.3) is 0 Å². The largest absolute Gasteiger partial charge is 0.371 e. The molecule has 0 aliphatic heterocycles. The second-order valence-electron chi connectivity index (χ2n) is 8.71. The summed E-state index contributed by atoms with van der Waals surface area (Å²) in [6.07, 6.45) is 4.17. The average Bonchev–Trinajstić information content (AvgIpc) is 2.81. The number of hydrogen-bond acceptors (Lipinski definition) is 2. The Morgan fingerprint density at radius 3 is 2.09 bits per heavy atom. The molecule has 1 unspecified atom stereocenters. The molecule has 0 N–H and O–H groups in total. The van der Waals surface area contributed by atoms with Gasteiger partial charge in [0, 0.05) is 12.3 Å². The molecule has 0 heterocycles. The van der Waals surface area contributed by atoms with Crippen LogP contribution in [0.1, 0.15) is 72.8 Å². The van der Waals surface area contributed by atoms with Crippen molar-refractivity contribution in [3.05, 3.63) is 35.9 Å². The summed E-state index contributed by atoms with van der Waals surface area (Å²) in [6, 6.07) is 10.2. The van der Waals surface area contributed by atoms with Crippen LogP contribution >= 0.6 is 0 Å². The highest BCUT2D eigenvalue weighted by Crippen LogP contribution is 2.32. The molecule has 1 fully saturated rings. The van der Waals surface area contributed by atoms with Gasteiger partial charge >= 0.3 is 0 Å². The molecule has 1 atom stereocenters. The molecule has 0 amide bonds. The van der Waals surface area contributed by atoms with Crippen LogP contribution < -0.4 is 0 Å². The van der Waals surface area contributed by atoms with Gasteiger partial charge in [-0.3, -0.25) is 4.79 Å². The molecule has 0 radical (unpaired) electrons. The smallest absolute Gasteiger partial charge is 0.135 e. The van der Waals surface area contributed by atoms with Gasteiger partial charge in [0.15, 0.2) is 0 Å². The van der Waals surface area contributed by atoms with Crippen LogP contribution in [-0.2, 0) is 16.1 Å². The van der Waals surface area contributed by atoms with Gasteiger partial charge in [0.1, 0.15) is 5.78 Å². The minimum atomic E-state index is -0.0458. The highest BCUT2D eigenvalue weighted by atomic mass is 16.5. The quantitative estimate of drug-likeness (QED) is 0.704. The first kappa shape index (κ1) is 19.9. The van der Waals surface area contributed by atoms with Crippen LogP contribution in [0.2, 0.25) is 0 Å². The van der Waals surface area contributed by atoms with E-state index in [2.05, 4.69) is 53.7 Å². The zero-order chi connectivity index (χ0) is 17.5. The SMILES string of the molecule is CC(C)(C)CC1CCCC1=O.CC(C)(C)OCc1ccccc1. The summed E-state index contributed by atoms with van der Waals surface area (Å²) in [6.45, 7) is 13.5. The maximum atomic E-state index is 11.3. The molecule has 2 nitrogen and oxygen atoms in total. The Bertz CT molecular complexity index is 463. The maximum absolute atomic E-state index is 11.3. The Morgan fingerprint density at radius 2 is 1.65 bits per heavy atom. The van der Waals surface area contributed by atoms with Crippen molar-refractivity contribution in [3.8, 4) is 0 Å². The molecular weight excluding hydrogens is 284 g/mol. The lowest BCUT2D eigenvalue weighted by Gasteiger charge is -2.21. The van der Waals surface area contributed by atoms with E-state index in [-0.39, 0.29) is 5.60 Å². The van der Waals surface area contributed by atoms with Gasteiger partial charge in [-0.25, -0.2) is 0 Å². The van der Waals surface area contributed by atoms with E-state index >= 15 is 0 Å². The molecule has 1 aromatic rings. The fourth-order valence-electron chi connectivity index (χ4n) is 2.72. The van der Waals surface area contributed by atoms with E-state index in [1.807, 2.05) is 18.2 Å². The number of Topliss-reactive ketones (excluding diaryl/α,β-unsaturated/α-hetero) is 1. The van der Waals surface area contributed by atoms with E-state index in [9.17, 15) is 4.79 Å². The lowest BCUT2D eigenvalue weighted by Crippen LogP contribution is -2.18. The minimum Gasteiger partial charge on any atom is -0.371 e. The summed E-state index contributed by atoms with van der Waals surface area (Å²) in [7, 11) is 0. The van der Waals surface area contributed by atoms with Crippen molar-refractivity contribution in [2.75, 3.05) is 0 Å². The predicted molar refractivity (Wildman–Crippen MR) is 97.4 cm³/mol. The van der Waals surface area contributed by atoms with Crippen molar-refractivity contribution in [2.45, 2.75) is 79.4 Å². The number of carbonyl (C=O) groups is 1. The highest BCUT2D eigenvalue weighted by molar-refractivity contribution is 5.82. The Hall–Kier alpha value is -1.15. The van der Waals surface area contributed by atoms with Gasteiger partial charge in [-0.05, 0) is 51.0 Å². The van der Waals surface area contributed by atoms with Gasteiger partial charge in [0.05, 0.1) is 12.2 Å². The molecule has 1 aliphatic carbocycles. The van der Waals surface area contributed by atoms with Gasteiger partial charge in [-0.1, -0.05) is 51.1 Å². The molecule has 1 aromatic carbocycles. The number of carbonyl (C=O) groups excluding carboxylic acids is 1. The van der Waals surface area contributed by atoms with E-state index in [1.165, 1.54) is 5.56 Å². The first-order chi connectivity index (χ1) is 10.6. The topological polar surface area (TPSA) is 26.3 Å². The maximum Gasteiger partial charge on any atom is 0.135 e. The Morgan fingerprint density at radius 1 is 1.04 bits per heavy atom. The average molecular weight is 319 g/mol. The monoisotopic (exact) mass is 318 g/mol. The van der Waals surface area contributed by atoms with Crippen LogP contribution in [0, 0.1) is 11.3 Å². The third-order valence-electron chi connectivity index (χ3n) is 3.80. The number of ketones is 1. The van der Waals surface area contributed by atoms with Crippen molar-refractivity contribution >= 4 is 5.78 Å². The third kappa shape index (κ3) is 9.55. The van der Waals surface area contributed by atoms with Crippen molar-refractivity contribution in [3.63, 3.8) is 0 Å². The third-order valence-corrected chi connectivity index (χ3v) is 3.80. The van der Waals surface area contributed by atoms with Crippen molar-refractivity contribution in [1.29, 1.82) is 0 Å². The Balaban J connectivity index is 0.000000231. The van der Waals surface area contributed by atoms with Crippen molar-refractivity contribution in [1.82, 2.24) is 0 Å². The van der Waals surface area contributed by atoms with Crippen molar-refractivity contribution in [2.24, 2.45) is 11.3 Å². The van der Waals surface area contributed by atoms with Crippen molar-refractivity contribution < 1.29 is 9.53 Å². The summed E-state index contributed by atoms with van der Waals surface area (Å²) in [5, 5.41) is 0. The highest BCUT2D eigenvalue weighted by Gasteiger charge is 2.28. The zero-order valence-electron chi connectivity index (χ0n) is 15.8. The summed E-state index contributed by atoms with van der Waals surface area (Å²) < 4.78 is 5.62. The van der Waals surface area contributed by atoms with Crippen LogP contribution in [0.4, 0.5) is 0 Å². The van der Waals surface area contributed by atoms with Crippen LogP contribution in [0.15, 0.2) is 30.3 Å². The van der Waals surface area contributed by atoms with E-state index in [0.29, 0.717) is 23.7 Å². The van der Waals surface area contributed by atoms with E-state index in [0.717, 1.165) is 25.7 Å². The fraction of sp³-hybridized carbons (Fsp3) is 0.667. The van der Waals surface area contributed by atoms with Gasteiger partial charge in [0.2, 0.25) is 0 Å². The molecule has 0 aromatic heterocycles. The summed E-state index contributed by atoms with van der Waals surface area (Å²) >= 11 is 0. The number of benzene rings is 1. The molecule has 0 saturated heterocycles. The van der Waals surface area contributed by atoms with Crippen LogP contribution in [0.25, 0.3) is 0 Å². The predicted octanol–water partition coefficient (Wildman–Crippen LogP) is 5.79. The molecule has 2 rings (SSSR count). The summed E-state index contributed by atoms with van der Waals surface area (Å²) in [5.74, 6) is 0.884. The molecule has 0 spiro atoms. The molecule has 1 aliphatic rings. The lowest BCUT2D eigenvalue weighted by molar-refractivity contribution is -0.121. The summed E-state index contributed by atoms with van der Waals surface area (Å²) in [5.41, 5.74) is 1.51. The fourth-order valence-corrected chi connectivity index (χ4v) is 2.72. The second-order valence-corrected chi connectivity index (χ2v) is 8.71. The van der Waals surface area contributed by atoms with Gasteiger partial charge < -0.3 is 4.74 Å². The number of hydrogen-bond donors (Lipinski definition) is 0. The second kappa shape index (κ2) is 8.63. The zero-order valence-corrected chi connectivity index (χ0v) is 15.8. The van der Waals surface area contributed by atoms with E-state index in [1.54, 1.807) is 0 Å². The van der Waals surface area contributed by atoms with Crippen LogP contribution in [0.5, 0.6) is 0 Å². The first-order valence-electron chi connectivity index (χ1n) is 8.77. The van der Waals surface area contributed by atoms with E-state index in [4.69, 9.17) is 4.74 Å². The Labute approximate surface area is 142 Å². The minimum absolute atomic E-state index is 0.0458. The first-order valence-corrected chi connectivity index (χ1v) is 8.77. The standard InChI is InChI=1S/C11H16O.C10H18O/c1-11(2,3)12-9-10-7-5-4-6-8-10;1-10(2,3)7-8-5-4-6-9(8)11/h4-8H,9H2,1-3H3;8H,4-7H2,1-3H3. The molecular formula is C21H34O2. The molecule has 23 heavy (non-hydrogen) atoms. The van der Waals surface area contributed by atoms with Gasteiger partial charge in [-0.15, -0.1) is 0 Å². The molecule has 1 saturated carbocycles. The van der Waals surface area contributed by atoms with Gasteiger partial charge in [-0.2, -0.15) is 0 Å². The van der Waals surface area contributed by atoms with E-state index < -0.39 is 0 Å². The molecule has 130 valence electrons. The number of ether oxygens (including phenoxy) is 1.